The number of benzene rings is 1. The number of fused-ring (bicyclic) bond motifs is 2. The van der Waals surface area contributed by atoms with E-state index in [0.717, 1.165) is 11.0 Å². The van der Waals surface area contributed by atoms with E-state index >= 15 is 0 Å². The summed E-state index contributed by atoms with van der Waals surface area (Å²) in [7, 11) is 0. The predicted octanol–water partition coefficient (Wildman–Crippen LogP) is 2.10. The molecule has 4 aromatic rings. The summed E-state index contributed by atoms with van der Waals surface area (Å²) in [5, 5.41) is 2.90. The Hall–Kier alpha value is -3.22. The van der Waals surface area contributed by atoms with Crippen molar-refractivity contribution in [3.05, 3.63) is 60.4 Å². The number of imidazole rings is 2. The molecule has 2 N–H and O–H groups in total. The lowest BCUT2D eigenvalue weighted by Crippen LogP contribution is -2.27. The fourth-order valence-electron chi connectivity index (χ4n) is 2.46. The minimum absolute atomic E-state index is 0.257. The lowest BCUT2D eigenvalue weighted by atomic mass is 10.3. The van der Waals surface area contributed by atoms with E-state index in [-0.39, 0.29) is 11.9 Å². The van der Waals surface area contributed by atoms with Gasteiger partial charge in [0.25, 0.3) is 5.91 Å². The molecule has 1 atom stereocenters. The fourth-order valence-corrected chi connectivity index (χ4v) is 2.46. The van der Waals surface area contributed by atoms with Crippen LogP contribution >= 0.6 is 0 Å². The Morgan fingerprint density at radius 3 is 2.96 bits per heavy atom. The van der Waals surface area contributed by atoms with Crippen molar-refractivity contribution in [2.75, 3.05) is 0 Å². The van der Waals surface area contributed by atoms with Crippen molar-refractivity contribution in [3.8, 4) is 0 Å². The molecular formula is C16H14N6O. The molecule has 3 aromatic heterocycles. The molecule has 0 aliphatic rings. The number of carbonyl (C=O) groups excluding carboxylic acids is 1. The van der Waals surface area contributed by atoms with Gasteiger partial charge in [0.1, 0.15) is 11.5 Å². The molecule has 1 aromatic carbocycles. The zero-order valence-corrected chi connectivity index (χ0v) is 12.4. The molecule has 0 spiro atoms. The molecule has 114 valence electrons. The average molecular weight is 306 g/mol. The number of carbonyl (C=O) groups is 1. The number of nitrogens with zero attached hydrogens (tertiary/aromatic N) is 4. The summed E-state index contributed by atoms with van der Waals surface area (Å²) in [5.74, 6) is 0.943. The summed E-state index contributed by atoms with van der Waals surface area (Å²) < 4.78 is 1.71. The lowest BCUT2D eigenvalue weighted by molar-refractivity contribution is 0.0934. The normalized spacial score (nSPS) is 12.6. The van der Waals surface area contributed by atoms with Gasteiger partial charge in [-0.15, -0.1) is 0 Å². The van der Waals surface area contributed by atoms with E-state index in [2.05, 4.69) is 25.3 Å². The van der Waals surface area contributed by atoms with Gasteiger partial charge in [0.05, 0.1) is 17.1 Å². The Labute approximate surface area is 131 Å². The van der Waals surface area contributed by atoms with Crippen molar-refractivity contribution < 1.29 is 4.79 Å². The highest BCUT2D eigenvalue weighted by atomic mass is 16.2. The monoisotopic (exact) mass is 306 g/mol. The molecule has 0 aliphatic heterocycles. The summed E-state index contributed by atoms with van der Waals surface area (Å²) in [5.41, 5.74) is 2.15. The van der Waals surface area contributed by atoms with E-state index in [4.69, 9.17) is 0 Å². The smallest absolute Gasteiger partial charge is 0.272 e. The largest absolute Gasteiger partial charge is 0.341 e. The van der Waals surface area contributed by atoms with Gasteiger partial charge in [0.15, 0.2) is 0 Å². The van der Waals surface area contributed by atoms with Crippen LogP contribution in [0.3, 0.4) is 0 Å². The minimum atomic E-state index is -0.261. The van der Waals surface area contributed by atoms with Crippen molar-refractivity contribution >= 4 is 22.7 Å². The molecule has 0 saturated carbocycles. The molecule has 1 amide bonds. The number of hydrogen-bond acceptors (Lipinski definition) is 4. The molecule has 0 radical (unpaired) electrons. The standard InChI is InChI=1S/C16H14N6O/c1-10(14-19-11-5-2-3-6-12(11)20-14)18-15(23)13-9-22-8-4-7-17-16(22)21-13/h2-10H,1H3,(H,18,23)(H,19,20)/t10-/m0/s1. The van der Waals surface area contributed by atoms with E-state index in [1.165, 1.54) is 0 Å². The van der Waals surface area contributed by atoms with Gasteiger partial charge in [0.2, 0.25) is 5.78 Å². The van der Waals surface area contributed by atoms with Crippen LogP contribution in [0.4, 0.5) is 0 Å². The maximum Gasteiger partial charge on any atom is 0.272 e. The maximum absolute atomic E-state index is 12.4. The molecule has 4 rings (SSSR count). The predicted molar refractivity (Wildman–Crippen MR) is 85.0 cm³/mol. The highest BCUT2D eigenvalue weighted by molar-refractivity contribution is 5.93. The zero-order valence-electron chi connectivity index (χ0n) is 12.4. The highest BCUT2D eigenvalue weighted by Crippen LogP contribution is 2.16. The van der Waals surface area contributed by atoms with Crippen molar-refractivity contribution in [1.82, 2.24) is 29.7 Å². The number of aromatic nitrogens is 5. The van der Waals surface area contributed by atoms with Crippen LogP contribution in [0.5, 0.6) is 0 Å². The number of amides is 1. The molecule has 0 bridgehead atoms. The number of rotatable bonds is 3. The Balaban J connectivity index is 1.57. The molecule has 7 heteroatoms. The third-order valence-corrected chi connectivity index (χ3v) is 3.63. The first-order valence-corrected chi connectivity index (χ1v) is 7.26. The Kier molecular flexibility index (Phi) is 3.04. The van der Waals surface area contributed by atoms with Crippen LogP contribution in [0, 0.1) is 0 Å². The zero-order chi connectivity index (χ0) is 15.8. The third-order valence-electron chi connectivity index (χ3n) is 3.63. The molecule has 0 saturated heterocycles. The van der Waals surface area contributed by atoms with Gasteiger partial charge in [-0.1, -0.05) is 12.1 Å². The number of para-hydroxylation sites is 2. The second kappa shape index (κ2) is 5.20. The average Bonchev–Trinajstić information content (AvgIpc) is 3.18. The van der Waals surface area contributed by atoms with Gasteiger partial charge in [-0.3, -0.25) is 9.20 Å². The summed E-state index contributed by atoms with van der Waals surface area (Å²) >= 11 is 0. The van der Waals surface area contributed by atoms with Crippen molar-refractivity contribution in [3.63, 3.8) is 0 Å². The fraction of sp³-hybridized carbons (Fsp3) is 0.125. The van der Waals surface area contributed by atoms with Gasteiger partial charge in [-0.2, -0.15) is 0 Å². The van der Waals surface area contributed by atoms with Crippen LogP contribution in [-0.4, -0.2) is 30.2 Å². The highest BCUT2D eigenvalue weighted by Gasteiger charge is 2.17. The Morgan fingerprint density at radius 2 is 2.13 bits per heavy atom. The number of aromatic amines is 1. The molecular weight excluding hydrogens is 292 g/mol. The van der Waals surface area contributed by atoms with E-state index in [1.54, 1.807) is 29.1 Å². The molecule has 3 heterocycles. The SMILES string of the molecule is C[C@H](NC(=O)c1cn2cccnc2n1)c1nc2ccccc2[nH]1. The topological polar surface area (TPSA) is 88.0 Å². The molecule has 7 nitrogen and oxygen atoms in total. The summed E-state index contributed by atoms with van der Waals surface area (Å²) in [6.07, 6.45) is 5.10. The molecule has 0 fully saturated rings. The van der Waals surface area contributed by atoms with Crippen LogP contribution in [0.15, 0.2) is 48.9 Å². The van der Waals surface area contributed by atoms with Gasteiger partial charge < -0.3 is 10.3 Å². The first-order chi connectivity index (χ1) is 11.2. The van der Waals surface area contributed by atoms with Gasteiger partial charge in [0, 0.05) is 18.6 Å². The number of H-pyrrole nitrogens is 1. The van der Waals surface area contributed by atoms with Crippen molar-refractivity contribution in [1.29, 1.82) is 0 Å². The summed E-state index contributed by atoms with van der Waals surface area (Å²) in [6, 6.07) is 9.28. The summed E-state index contributed by atoms with van der Waals surface area (Å²) in [6.45, 7) is 1.88. The second-order valence-electron chi connectivity index (χ2n) is 5.29. The Bertz CT molecular complexity index is 936. The first kappa shape index (κ1) is 13.4. The third kappa shape index (κ3) is 2.42. The van der Waals surface area contributed by atoms with Gasteiger partial charge in [-0.25, -0.2) is 15.0 Å². The van der Waals surface area contributed by atoms with E-state index in [0.29, 0.717) is 17.3 Å². The lowest BCUT2D eigenvalue weighted by Gasteiger charge is -2.09. The first-order valence-electron chi connectivity index (χ1n) is 7.26. The van der Waals surface area contributed by atoms with Crippen LogP contribution in [0.1, 0.15) is 29.3 Å². The molecule has 23 heavy (non-hydrogen) atoms. The quantitative estimate of drug-likeness (QED) is 0.606. The van der Waals surface area contributed by atoms with E-state index < -0.39 is 0 Å². The van der Waals surface area contributed by atoms with Crippen LogP contribution in [0.25, 0.3) is 16.8 Å². The minimum Gasteiger partial charge on any atom is -0.341 e. The second-order valence-corrected chi connectivity index (χ2v) is 5.29. The van der Waals surface area contributed by atoms with E-state index in [1.807, 2.05) is 31.2 Å². The van der Waals surface area contributed by atoms with Crippen LogP contribution in [-0.2, 0) is 0 Å². The van der Waals surface area contributed by atoms with E-state index in [9.17, 15) is 4.79 Å². The molecule has 0 aliphatic carbocycles. The van der Waals surface area contributed by atoms with Crippen LogP contribution < -0.4 is 5.32 Å². The van der Waals surface area contributed by atoms with Crippen LogP contribution in [0.2, 0.25) is 0 Å². The summed E-state index contributed by atoms with van der Waals surface area (Å²) in [4.78, 5) is 28.4. The molecule has 0 unspecified atom stereocenters. The van der Waals surface area contributed by atoms with Crippen molar-refractivity contribution in [2.24, 2.45) is 0 Å². The van der Waals surface area contributed by atoms with Gasteiger partial charge in [-0.05, 0) is 25.1 Å². The maximum atomic E-state index is 12.4. The van der Waals surface area contributed by atoms with Gasteiger partial charge >= 0.3 is 0 Å². The number of hydrogen-bond donors (Lipinski definition) is 2. The van der Waals surface area contributed by atoms with Crippen molar-refractivity contribution in [2.45, 2.75) is 13.0 Å². The Morgan fingerprint density at radius 1 is 1.26 bits per heavy atom. The number of nitrogens with one attached hydrogen (secondary N) is 2.